The Bertz CT molecular complexity index is 258. The average Bonchev–Trinajstić information content (AvgIpc) is 2.12. The highest BCUT2D eigenvalue weighted by Gasteiger charge is 2.60. The molecule has 88 valence electrons. The van der Waals surface area contributed by atoms with Crippen LogP contribution in [0, 0.1) is 5.41 Å². The summed E-state index contributed by atoms with van der Waals surface area (Å²) in [5, 5.41) is 9.07. The summed E-state index contributed by atoms with van der Waals surface area (Å²) in [6.07, 6.45) is 0.116. The number of hydrogen-bond acceptors (Lipinski definition) is 2. The molecule has 0 spiro atoms. The highest BCUT2D eigenvalue weighted by molar-refractivity contribution is 5.76. The van der Waals surface area contributed by atoms with Gasteiger partial charge in [0, 0.05) is 19.5 Å². The Morgan fingerprint density at radius 1 is 1.53 bits per heavy atom. The molecule has 0 aliphatic carbocycles. The van der Waals surface area contributed by atoms with E-state index in [0.29, 0.717) is 6.42 Å². The van der Waals surface area contributed by atoms with E-state index in [0.717, 1.165) is 0 Å². The molecular formula is C10H17F2NO2. The molecule has 0 amide bonds. The van der Waals surface area contributed by atoms with Crippen molar-refractivity contribution in [2.75, 3.05) is 20.1 Å². The van der Waals surface area contributed by atoms with Gasteiger partial charge in [-0.2, -0.15) is 0 Å². The zero-order valence-electron chi connectivity index (χ0n) is 9.09. The van der Waals surface area contributed by atoms with Crippen LogP contribution in [0.25, 0.3) is 0 Å². The number of hydrogen-bond donors (Lipinski definition) is 1. The van der Waals surface area contributed by atoms with E-state index in [-0.39, 0.29) is 25.9 Å². The number of aliphatic carboxylic acids is 1. The van der Waals surface area contributed by atoms with Crippen LogP contribution in [0.5, 0.6) is 0 Å². The van der Waals surface area contributed by atoms with Crippen molar-refractivity contribution in [2.24, 2.45) is 5.41 Å². The Labute approximate surface area is 88.1 Å². The van der Waals surface area contributed by atoms with Gasteiger partial charge in [0.05, 0.1) is 0 Å². The van der Waals surface area contributed by atoms with Gasteiger partial charge in [0.25, 0.3) is 5.92 Å². The van der Waals surface area contributed by atoms with E-state index in [1.807, 2.05) is 0 Å². The van der Waals surface area contributed by atoms with Gasteiger partial charge in [-0.15, -0.1) is 0 Å². The van der Waals surface area contributed by atoms with E-state index in [4.69, 9.17) is 5.11 Å². The molecule has 1 aliphatic rings. The smallest absolute Gasteiger partial charge is 0.317 e. The van der Waals surface area contributed by atoms with Gasteiger partial charge in [-0.1, -0.05) is 13.3 Å². The van der Waals surface area contributed by atoms with Crippen molar-refractivity contribution in [1.82, 2.24) is 4.90 Å². The first-order valence-corrected chi connectivity index (χ1v) is 5.15. The van der Waals surface area contributed by atoms with E-state index < -0.39 is 17.3 Å². The molecule has 1 unspecified atom stereocenters. The first kappa shape index (κ1) is 12.4. The molecule has 1 atom stereocenters. The van der Waals surface area contributed by atoms with E-state index in [1.165, 1.54) is 0 Å². The number of piperidine rings is 1. The highest BCUT2D eigenvalue weighted by Crippen LogP contribution is 2.46. The summed E-state index contributed by atoms with van der Waals surface area (Å²) in [5.41, 5.74) is -1.89. The number of alkyl halides is 2. The fourth-order valence-electron chi connectivity index (χ4n) is 2.25. The minimum Gasteiger partial charge on any atom is -0.481 e. The molecule has 0 bridgehead atoms. The molecule has 0 saturated carbocycles. The summed E-state index contributed by atoms with van der Waals surface area (Å²) in [5.74, 6) is -4.47. The van der Waals surface area contributed by atoms with Crippen molar-refractivity contribution in [3.8, 4) is 0 Å². The van der Waals surface area contributed by atoms with E-state index >= 15 is 0 Å². The number of halogens is 2. The maximum absolute atomic E-state index is 13.7. The molecule has 1 saturated heterocycles. The molecule has 1 heterocycles. The first-order valence-electron chi connectivity index (χ1n) is 5.15. The van der Waals surface area contributed by atoms with E-state index in [9.17, 15) is 13.6 Å². The maximum Gasteiger partial charge on any atom is 0.317 e. The topological polar surface area (TPSA) is 40.5 Å². The molecule has 1 aliphatic heterocycles. The Morgan fingerprint density at radius 2 is 2.13 bits per heavy atom. The molecule has 15 heavy (non-hydrogen) atoms. The summed E-state index contributed by atoms with van der Waals surface area (Å²) in [6, 6.07) is 0. The number of carboxylic acid groups (broad SMARTS) is 1. The molecule has 0 aromatic heterocycles. The number of carboxylic acids is 1. The second kappa shape index (κ2) is 4.04. The zero-order chi connectivity index (χ0) is 11.7. The molecule has 5 heteroatoms. The molecule has 0 aromatic carbocycles. The fraction of sp³-hybridized carbons (Fsp3) is 0.900. The third-order valence-electron chi connectivity index (χ3n) is 3.13. The van der Waals surface area contributed by atoms with Gasteiger partial charge in [0.15, 0.2) is 0 Å². The predicted octanol–water partition coefficient (Wildman–Crippen LogP) is 1.83. The lowest BCUT2D eigenvalue weighted by Gasteiger charge is -2.44. The van der Waals surface area contributed by atoms with Crippen molar-refractivity contribution >= 4 is 5.97 Å². The van der Waals surface area contributed by atoms with Crippen LogP contribution in [0.4, 0.5) is 8.78 Å². The predicted molar refractivity (Wildman–Crippen MR) is 52.0 cm³/mol. The average molecular weight is 221 g/mol. The highest BCUT2D eigenvalue weighted by atomic mass is 19.3. The second-order valence-corrected chi connectivity index (χ2v) is 4.33. The number of carbonyl (C=O) groups is 1. The van der Waals surface area contributed by atoms with Crippen LogP contribution >= 0.6 is 0 Å². The Morgan fingerprint density at radius 3 is 2.60 bits per heavy atom. The quantitative estimate of drug-likeness (QED) is 0.790. The largest absolute Gasteiger partial charge is 0.481 e. The summed E-state index contributed by atoms with van der Waals surface area (Å²) >= 11 is 0. The molecule has 0 aromatic rings. The van der Waals surface area contributed by atoms with Gasteiger partial charge in [0.2, 0.25) is 0 Å². The minimum atomic E-state index is -3.10. The first-order chi connectivity index (χ1) is 6.85. The van der Waals surface area contributed by atoms with Gasteiger partial charge in [-0.05, 0) is 13.5 Å². The van der Waals surface area contributed by atoms with Crippen LogP contribution in [-0.4, -0.2) is 42.0 Å². The van der Waals surface area contributed by atoms with Crippen molar-refractivity contribution in [3.63, 3.8) is 0 Å². The number of likely N-dealkylation sites (tertiary alicyclic amines) is 1. The van der Waals surface area contributed by atoms with Crippen molar-refractivity contribution in [2.45, 2.75) is 32.1 Å². The van der Waals surface area contributed by atoms with Gasteiger partial charge in [-0.3, -0.25) is 4.79 Å². The van der Waals surface area contributed by atoms with Gasteiger partial charge >= 0.3 is 5.97 Å². The minimum absolute atomic E-state index is 0.0275. The van der Waals surface area contributed by atoms with Gasteiger partial charge in [-0.25, -0.2) is 8.78 Å². The third-order valence-corrected chi connectivity index (χ3v) is 3.13. The third kappa shape index (κ3) is 1.97. The molecule has 3 nitrogen and oxygen atoms in total. The van der Waals surface area contributed by atoms with Crippen LogP contribution in [0.1, 0.15) is 26.2 Å². The number of nitrogens with zero attached hydrogens (tertiary/aromatic N) is 1. The van der Waals surface area contributed by atoms with E-state index in [2.05, 4.69) is 0 Å². The lowest BCUT2D eigenvalue weighted by atomic mass is 9.73. The number of rotatable bonds is 3. The molecule has 0 radical (unpaired) electrons. The van der Waals surface area contributed by atoms with Crippen LogP contribution in [0.15, 0.2) is 0 Å². The lowest BCUT2D eigenvalue weighted by molar-refractivity contribution is -0.197. The normalized spacial score (nSPS) is 31.5. The SMILES string of the molecule is CCCC1(C(=O)O)CN(C)CCC1(F)F. The lowest BCUT2D eigenvalue weighted by Crippen LogP contribution is -2.58. The summed E-state index contributed by atoms with van der Waals surface area (Å²) in [4.78, 5) is 12.8. The molecule has 1 rings (SSSR count). The zero-order valence-corrected chi connectivity index (χ0v) is 9.09. The second-order valence-electron chi connectivity index (χ2n) is 4.33. The Hall–Kier alpha value is -0.710. The van der Waals surface area contributed by atoms with Crippen LogP contribution in [0.3, 0.4) is 0 Å². The summed E-state index contributed by atoms with van der Waals surface area (Å²) in [6.45, 7) is 1.92. The van der Waals surface area contributed by atoms with Crippen molar-refractivity contribution in [1.29, 1.82) is 0 Å². The van der Waals surface area contributed by atoms with Crippen LogP contribution in [0.2, 0.25) is 0 Å². The fourth-order valence-corrected chi connectivity index (χ4v) is 2.25. The molecule has 1 fully saturated rings. The molecular weight excluding hydrogens is 204 g/mol. The monoisotopic (exact) mass is 221 g/mol. The Balaban J connectivity index is 3.04. The van der Waals surface area contributed by atoms with Gasteiger partial charge in [0.1, 0.15) is 5.41 Å². The Kier molecular flexibility index (Phi) is 3.33. The van der Waals surface area contributed by atoms with Crippen molar-refractivity contribution in [3.05, 3.63) is 0 Å². The van der Waals surface area contributed by atoms with Crippen LogP contribution < -0.4 is 0 Å². The summed E-state index contributed by atoms with van der Waals surface area (Å²) in [7, 11) is 1.68. The van der Waals surface area contributed by atoms with E-state index in [1.54, 1.807) is 18.9 Å². The standard InChI is InChI=1S/C10H17F2NO2/c1-3-4-9(8(14)15)7-13(2)6-5-10(9,11)12/h3-7H2,1-2H3,(H,14,15). The molecule has 1 N–H and O–H groups in total. The van der Waals surface area contributed by atoms with Crippen molar-refractivity contribution < 1.29 is 18.7 Å². The maximum atomic E-state index is 13.7. The van der Waals surface area contributed by atoms with Gasteiger partial charge < -0.3 is 10.0 Å². The van der Waals surface area contributed by atoms with Crippen LogP contribution in [-0.2, 0) is 4.79 Å². The summed E-state index contributed by atoms with van der Waals surface area (Å²) < 4.78 is 27.5.